The summed E-state index contributed by atoms with van der Waals surface area (Å²) in [4.78, 5) is 29.3. The predicted octanol–water partition coefficient (Wildman–Crippen LogP) is 3.99. The van der Waals surface area contributed by atoms with Gasteiger partial charge >= 0.3 is 5.63 Å². The van der Waals surface area contributed by atoms with E-state index in [4.69, 9.17) is 13.9 Å². The van der Waals surface area contributed by atoms with Gasteiger partial charge in [-0.2, -0.15) is 0 Å². The number of aromatic nitrogens is 2. The van der Waals surface area contributed by atoms with Gasteiger partial charge in [0, 0.05) is 41.6 Å². The van der Waals surface area contributed by atoms with Crippen molar-refractivity contribution in [3.8, 4) is 22.8 Å². The molecule has 0 bridgehead atoms. The minimum Gasteiger partial charge on any atom is -0.497 e. The quantitative estimate of drug-likeness (QED) is 0.344. The first-order valence-corrected chi connectivity index (χ1v) is 12.1. The molecular weight excluding hydrogens is 528 g/mol. The smallest absolute Gasteiger partial charge is 0.349 e. The summed E-state index contributed by atoms with van der Waals surface area (Å²) >= 11 is 3.41. The predicted molar refractivity (Wildman–Crippen MR) is 139 cm³/mol. The number of carbonyl (C=O) groups is 1. The summed E-state index contributed by atoms with van der Waals surface area (Å²) < 4.78 is 17.0. The Labute approximate surface area is 215 Å². The average Bonchev–Trinajstić information content (AvgIpc) is 2.92. The fraction of sp³-hybridized carbons (Fsp3) is 0.231. The standard InChI is InChI=1S/C26H23BrN4O5/c1-34-18-4-7-23(35-2)19(15-18)21-5-8-24(29-28-21)30-9-11-31(12-10-30)25(32)20-14-16-13-17(27)3-6-22(16)36-26(20)33/h3-8,13-15H,9-12H2,1-2H3. The summed E-state index contributed by atoms with van der Waals surface area (Å²) in [6, 6.07) is 16.2. The van der Waals surface area contributed by atoms with E-state index >= 15 is 0 Å². The molecular formula is C26H23BrN4O5. The number of hydrogen-bond acceptors (Lipinski definition) is 8. The van der Waals surface area contributed by atoms with Crippen molar-refractivity contribution in [1.29, 1.82) is 0 Å². The fourth-order valence-electron chi connectivity index (χ4n) is 4.20. The number of fused-ring (bicyclic) bond motifs is 1. The Balaban J connectivity index is 1.29. The third-order valence-electron chi connectivity index (χ3n) is 6.15. The van der Waals surface area contributed by atoms with Crippen molar-refractivity contribution in [3.63, 3.8) is 0 Å². The van der Waals surface area contributed by atoms with Gasteiger partial charge in [0.05, 0.1) is 19.9 Å². The SMILES string of the molecule is COc1ccc(OC)c(-c2ccc(N3CCN(C(=O)c4cc5cc(Br)ccc5oc4=O)CC3)nn2)c1. The van der Waals surface area contributed by atoms with Gasteiger partial charge in [-0.25, -0.2) is 4.79 Å². The number of anilines is 1. The molecule has 1 aliphatic rings. The van der Waals surface area contributed by atoms with E-state index in [-0.39, 0.29) is 11.5 Å². The second-order valence-corrected chi connectivity index (χ2v) is 9.17. The highest BCUT2D eigenvalue weighted by atomic mass is 79.9. The maximum atomic E-state index is 13.1. The monoisotopic (exact) mass is 550 g/mol. The molecule has 10 heteroatoms. The molecule has 0 saturated carbocycles. The number of halogens is 1. The van der Waals surface area contributed by atoms with E-state index in [0.717, 1.165) is 10.0 Å². The molecule has 1 fully saturated rings. The lowest BCUT2D eigenvalue weighted by Crippen LogP contribution is -2.49. The molecule has 184 valence electrons. The lowest BCUT2D eigenvalue weighted by molar-refractivity contribution is 0.0742. The van der Waals surface area contributed by atoms with E-state index in [1.165, 1.54) is 0 Å². The molecule has 3 heterocycles. The van der Waals surface area contributed by atoms with Crippen LogP contribution < -0.4 is 20.0 Å². The second-order valence-electron chi connectivity index (χ2n) is 8.25. The summed E-state index contributed by atoms with van der Waals surface area (Å²) in [7, 11) is 3.21. The van der Waals surface area contributed by atoms with E-state index in [1.54, 1.807) is 37.3 Å². The van der Waals surface area contributed by atoms with Crippen LogP contribution in [0.2, 0.25) is 0 Å². The Bertz CT molecular complexity index is 1480. The van der Waals surface area contributed by atoms with Gasteiger partial charge in [0.2, 0.25) is 0 Å². The maximum absolute atomic E-state index is 13.1. The van der Waals surface area contributed by atoms with Crippen LogP contribution in [0.25, 0.3) is 22.2 Å². The van der Waals surface area contributed by atoms with Gasteiger partial charge in [0.25, 0.3) is 5.91 Å². The molecule has 5 rings (SSSR count). The summed E-state index contributed by atoms with van der Waals surface area (Å²) in [5.74, 6) is 1.75. The Kier molecular flexibility index (Phi) is 6.60. The van der Waals surface area contributed by atoms with Gasteiger partial charge in [-0.15, -0.1) is 10.2 Å². The number of rotatable bonds is 5. The number of nitrogens with zero attached hydrogens (tertiary/aromatic N) is 4. The Morgan fingerprint density at radius 3 is 2.44 bits per heavy atom. The molecule has 0 spiro atoms. The van der Waals surface area contributed by atoms with Gasteiger partial charge in [0.15, 0.2) is 5.82 Å². The van der Waals surface area contributed by atoms with Crippen molar-refractivity contribution in [2.24, 2.45) is 0 Å². The summed E-state index contributed by atoms with van der Waals surface area (Å²) in [5.41, 5.74) is 1.29. The number of methoxy groups -OCH3 is 2. The first-order chi connectivity index (χ1) is 17.5. The third-order valence-corrected chi connectivity index (χ3v) is 6.64. The van der Waals surface area contributed by atoms with Gasteiger partial charge in [-0.05, 0) is 54.6 Å². The molecule has 1 amide bonds. The van der Waals surface area contributed by atoms with Crippen LogP contribution in [0, 0.1) is 0 Å². The van der Waals surface area contributed by atoms with E-state index in [1.807, 2.05) is 36.4 Å². The van der Waals surface area contributed by atoms with Crippen LogP contribution in [0.4, 0.5) is 5.82 Å². The average molecular weight is 551 g/mol. The first-order valence-electron chi connectivity index (χ1n) is 11.3. The topological polar surface area (TPSA) is 98.0 Å². The van der Waals surface area contributed by atoms with Crippen molar-refractivity contribution in [3.05, 3.63) is 75.1 Å². The van der Waals surface area contributed by atoms with E-state index < -0.39 is 5.63 Å². The van der Waals surface area contributed by atoms with Gasteiger partial charge in [-0.1, -0.05) is 15.9 Å². The lowest BCUT2D eigenvalue weighted by Gasteiger charge is -2.35. The molecule has 2 aromatic heterocycles. The number of benzene rings is 2. The molecule has 0 N–H and O–H groups in total. The van der Waals surface area contributed by atoms with E-state index in [9.17, 15) is 9.59 Å². The fourth-order valence-corrected chi connectivity index (χ4v) is 4.58. The van der Waals surface area contributed by atoms with E-state index in [2.05, 4.69) is 31.0 Å². The normalized spacial score (nSPS) is 13.6. The lowest BCUT2D eigenvalue weighted by atomic mass is 10.1. The number of ether oxygens (including phenoxy) is 2. The molecule has 0 atom stereocenters. The molecule has 36 heavy (non-hydrogen) atoms. The molecule has 2 aromatic carbocycles. The zero-order chi connectivity index (χ0) is 25.2. The van der Waals surface area contributed by atoms with Crippen LogP contribution in [0.3, 0.4) is 0 Å². The van der Waals surface area contributed by atoms with Gasteiger partial charge in [0.1, 0.15) is 22.6 Å². The zero-order valence-electron chi connectivity index (χ0n) is 19.7. The molecule has 1 aliphatic heterocycles. The van der Waals surface area contributed by atoms with Gasteiger partial charge < -0.3 is 23.7 Å². The third kappa shape index (κ3) is 4.64. The van der Waals surface area contributed by atoms with Crippen molar-refractivity contribution in [2.45, 2.75) is 0 Å². The van der Waals surface area contributed by atoms with Crippen molar-refractivity contribution in [2.75, 3.05) is 45.3 Å². The highest BCUT2D eigenvalue weighted by molar-refractivity contribution is 9.10. The molecule has 0 unspecified atom stereocenters. The minimum atomic E-state index is -0.633. The second kappa shape index (κ2) is 9.98. The van der Waals surface area contributed by atoms with E-state index in [0.29, 0.717) is 60.2 Å². The van der Waals surface area contributed by atoms with Crippen LogP contribution in [0.5, 0.6) is 11.5 Å². The van der Waals surface area contributed by atoms with Crippen LogP contribution in [0.1, 0.15) is 10.4 Å². The number of hydrogen-bond donors (Lipinski definition) is 0. The molecule has 4 aromatic rings. The molecule has 1 saturated heterocycles. The Morgan fingerprint density at radius 2 is 1.75 bits per heavy atom. The number of amides is 1. The highest BCUT2D eigenvalue weighted by Crippen LogP contribution is 2.32. The summed E-state index contributed by atoms with van der Waals surface area (Å²) in [6.07, 6.45) is 0. The molecule has 0 radical (unpaired) electrons. The van der Waals surface area contributed by atoms with Crippen molar-refractivity contribution in [1.82, 2.24) is 15.1 Å². The zero-order valence-corrected chi connectivity index (χ0v) is 21.3. The number of piperazine rings is 1. The van der Waals surface area contributed by atoms with Crippen molar-refractivity contribution < 1.29 is 18.7 Å². The van der Waals surface area contributed by atoms with Crippen molar-refractivity contribution >= 4 is 38.6 Å². The van der Waals surface area contributed by atoms with Crippen LogP contribution in [0.15, 0.2) is 68.3 Å². The van der Waals surface area contributed by atoms with Gasteiger partial charge in [-0.3, -0.25) is 4.79 Å². The Morgan fingerprint density at radius 1 is 0.944 bits per heavy atom. The van der Waals surface area contributed by atoms with Crippen LogP contribution in [-0.4, -0.2) is 61.4 Å². The maximum Gasteiger partial charge on any atom is 0.349 e. The number of carbonyl (C=O) groups excluding carboxylic acids is 1. The summed E-state index contributed by atoms with van der Waals surface area (Å²) in [6.45, 7) is 2.02. The Hall–Kier alpha value is -3.92. The minimum absolute atomic E-state index is 0.0328. The molecule has 0 aliphatic carbocycles. The van der Waals surface area contributed by atoms with Crippen LogP contribution in [-0.2, 0) is 0 Å². The van der Waals surface area contributed by atoms with Crippen LogP contribution >= 0.6 is 15.9 Å². The first kappa shape index (κ1) is 23.8. The molecule has 9 nitrogen and oxygen atoms in total. The highest BCUT2D eigenvalue weighted by Gasteiger charge is 2.26. The largest absolute Gasteiger partial charge is 0.497 e. The summed E-state index contributed by atoms with van der Waals surface area (Å²) in [5, 5.41) is 9.48.